The molecule has 0 aliphatic carbocycles. The zero-order valence-corrected chi connectivity index (χ0v) is 12.1. The molecule has 0 amide bonds. The molecule has 104 valence electrons. The third kappa shape index (κ3) is 2.14. The van der Waals surface area contributed by atoms with E-state index in [-0.39, 0.29) is 11.9 Å². The fourth-order valence-electron chi connectivity index (χ4n) is 2.52. The Kier molecular flexibility index (Phi) is 3.63. The van der Waals surface area contributed by atoms with Gasteiger partial charge in [0.05, 0.1) is 11.1 Å². The van der Waals surface area contributed by atoms with Gasteiger partial charge in [-0.1, -0.05) is 19.9 Å². The molecule has 0 saturated heterocycles. The molecule has 2 rings (SSSR count). The van der Waals surface area contributed by atoms with Crippen LogP contribution in [0.25, 0.3) is 11.0 Å². The first-order chi connectivity index (χ1) is 8.94. The highest BCUT2D eigenvalue weighted by Crippen LogP contribution is 2.31. The summed E-state index contributed by atoms with van der Waals surface area (Å²) in [6.45, 7) is 8.23. The Hall–Kier alpha value is -1.42. The van der Waals surface area contributed by atoms with Crippen molar-refractivity contribution in [3.8, 4) is 0 Å². The first-order valence-electron chi connectivity index (χ1n) is 6.90. The van der Waals surface area contributed by atoms with Gasteiger partial charge in [-0.25, -0.2) is 9.37 Å². The molecule has 0 radical (unpaired) electrons. The normalized spacial score (nSPS) is 12.6. The Morgan fingerprint density at radius 1 is 1.32 bits per heavy atom. The van der Waals surface area contributed by atoms with E-state index in [9.17, 15) is 4.39 Å². The number of hydrogen-bond acceptors (Lipinski definition) is 2. The monoisotopic (exact) mass is 263 g/mol. The molecule has 0 bridgehead atoms. The van der Waals surface area contributed by atoms with Crippen LogP contribution in [0.5, 0.6) is 0 Å². The van der Waals surface area contributed by atoms with Gasteiger partial charge in [0, 0.05) is 6.04 Å². The summed E-state index contributed by atoms with van der Waals surface area (Å²) in [7, 11) is 0. The molecule has 0 atom stereocenters. The lowest BCUT2D eigenvalue weighted by Crippen LogP contribution is -2.38. The van der Waals surface area contributed by atoms with Crippen LogP contribution in [0.2, 0.25) is 0 Å². The molecule has 0 aliphatic heterocycles. The van der Waals surface area contributed by atoms with Crippen molar-refractivity contribution in [2.24, 2.45) is 5.73 Å². The van der Waals surface area contributed by atoms with E-state index in [4.69, 9.17) is 5.73 Å². The Morgan fingerprint density at radius 3 is 2.47 bits per heavy atom. The van der Waals surface area contributed by atoms with E-state index in [2.05, 4.69) is 23.4 Å². The lowest BCUT2D eigenvalue weighted by atomic mass is 9.93. The number of rotatable bonds is 4. The summed E-state index contributed by atoms with van der Waals surface area (Å²) in [5, 5.41) is 0. The Labute approximate surface area is 113 Å². The zero-order chi connectivity index (χ0) is 14.2. The largest absolute Gasteiger partial charge is 0.324 e. The molecule has 0 unspecified atom stereocenters. The number of halogens is 1. The maximum atomic E-state index is 13.9. The second-order valence-corrected chi connectivity index (χ2v) is 5.37. The molecule has 2 aromatic rings. The van der Waals surface area contributed by atoms with Gasteiger partial charge in [0.15, 0.2) is 5.82 Å². The zero-order valence-electron chi connectivity index (χ0n) is 12.1. The van der Waals surface area contributed by atoms with E-state index < -0.39 is 5.54 Å². The average Bonchev–Trinajstić information content (AvgIpc) is 2.79. The van der Waals surface area contributed by atoms with Crippen LogP contribution in [0, 0.1) is 5.82 Å². The van der Waals surface area contributed by atoms with Gasteiger partial charge in [-0.2, -0.15) is 0 Å². The number of para-hydroxylation sites is 1. The van der Waals surface area contributed by atoms with Crippen LogP contribution in [-0.2, 0) is 5.54 Å². The van der Waals surface area contributed by atoms with Crippen LogP contribution >= 0.6 is 0 Å². The molecule has 1 aromatic heterocycles. The molecule has 0 fully saturated rings. The minimum atomic E-state index is -0.504. The Bertz CT molecular complexity index is 582. The van der Waals surface area contributed by atoms with Gasteiger partial charge in [-0.3, -0.25) is 0 Å². The van der Waals surface area contributed by atoms with Crippen LogP contribution < -0.4 is 5.73 Å². The Morgan fingerprint density at radius 2 is 1.95 bits per heavy atom. The third-order valence-electron chi connectivity index (χ3n) is 3.89. The number of benzene rings is 1. The summed E-state index contributed by atoms with van der Waals surface area (Å²) in [4.78, 5) is 4.51. The SMILES string of the molecule is CCC(N)(CC)c1nc2c(F)cccc2n1C(C)C. The van der Waals surface area contributed by atoms with Crippen molar-refractivity contribution in [2.45, 2.75) is 52.1 Å². The van der Waals surface area contributed by atoms with Gasteiger partial charge in [-0.15, -0.1) is 0 Å². The van der Waals surface area contributed by atoms with Crippen molar-refractivity contribution in [2.75, 3.05) is 0 Å². The highest BCUT2D eigenvalue weighted by atomic mass is 19.1. The number of imidazole rings is 1. The van der Waals surface area contributed by atoms with Crippen LogP contribution in [-0.4, -0.2) is 9.55 Å². The second kappa shape index (κ2) is 4.93. The molecule has 19 heavy (non-hydrogen) atoms. The highest BCUT2D eigenvalue weighted by molar-refractivity contribution is 5.77. The van der Waals surface area contributed by atoms with Gasteiger partial charge in [0.1, 0.15) is 11.3 Å². The van der Waals surface area contributed by atoms with E-state index in [0.29, 0.717) is 5.52 Å². The highest BCUT2D eigenvalue weighted by Gasteiger charge is 2.31. The van der Waals surface area contributed by atoms with E-state index >= 15 is 0 Å². The summed E-state index contributed by atoms with van der Waals surface area (Å²) < 4.78 is 16.0. The van der Waals surface area contributed by atoms with Crippen LogP contribution in [0.3, 0.4) is 0 Å². The van der Waals surface area contributed by atoms with Crippen molar-refractivity contribution in [3.05, 3.63) is 29.8 Å². The van der Waals surface area contributed by atoms with Crippen LogP contribution in [0.4, 0.5) is 4.39 Å². The molecule has 1 heterocycles. The number of hydrogen-bond donors (Lipinski definition) is 1. The molecule has 0 spiro atoms. The van der Waals surface area contributed by atoms with Crippen LogP contribution in [0.1, 0.15) is 52.4 Å². The number of nitrogens with zero attached hydrogens (tertiary/aromatic N) is 2. The fraction of sp³-hybridized carbons (Fsp3) is 0.533. The molecule has 3 nitrogen and oxygen atoms in total. The fourth-order valence-corrected chi connectivity index (χ4v) is 2.52. The van der Waals surface area contributed by atoms with E-state index in [1.165, 1.54) is 6.07 Å². The summed E-state index contributed by atoms with van der Waals surface area (Å²) in [6.07, 6.45) is 1.56. The molecular formula is C15H22FN3. The van der Waals surface area contributed by atoms with Crippen LogP contribution in [0.15, 0.2) is 18.2 Å². The summed E-state index contributed by atoms with van der Waals surface area (Å²) in [5.41, 5.74) is 7.20. The minimum absolute atomic E-state index is 0.197. The van der Waals surface area contributed by atoms with Crippen molar-refractivity contribution < 1.29 is 4.39 Å². The van der Waals surface area contributed by atoms with Gasteiger partial charge >= 0.3 is 0 Å². The summed E-state index contributed by atoms with van der Waals surface area (Å²) >= 11 is 0. The maximum Gasteiger partial charge on any atom is 0.151 e. The van der Waals surface area contributed by atoms with Crippen molar-refractivity contribution in [1.82, 2.24) is 9.55 Å². The van der Waals surface area contributed by atoms with Gasteiger partial charge < -0.3 is 10.3 Å². The van der Waals surface area contributed by atoms with Crippen molar-refractivity contribution in [3.63, 3.8) is 0 Å². The van der Waals surface area contributed by atoms with Gasteiger partial charge in [0.2, 0.25) is 0 Å². The standard InChI is InChI=1S/C15H22FN3/c1-5-15(17,6-2)14-18-13-11(16)8-7-9-12(13)19(14)10(3)4/h7-10H,5-6,17H2,1-4H3. The molecular weight excluding hydrogens is 241 g/mol. The number of nitrogens with two attached hydrogens (primary N) is 1. The number of fused-ring (bicyclic) bond motifs is 1. The van der Waals surface area contributed by atoms with Gasteiger partial charge in [0.25, 0.3) is 0 Å². The molecule has 0 aliphatic rings. The van der Waals surface area contributed by atoms with E-state index in [1.807, 2.05) is 19.9 Å². The van der Waals surface area contributed by atoms with E-state index in [0.717, 1.165) is 24.2 Å². The van der Waals surface area contributed by atoms with Crippen molar-refractivity contribution >= 4 is 11.0 Å². The summed E-state index contributed by atoms with van der Waals surface area (Å²) in [6, 6.07) is 5.27. The predicted molar refractivity (Wildman–Crippen MR) is 76.5 cm³/mol. The van der Waals surface area contributed by atoms with Gasteiger partial charge in [-0.05, 0) is 38.8 Å². The Balaban J connectivity index is 2.80. The number of aromatic nitrogens is 2. The lowest BCUT2D eigenvalue weighted by molar-refractivity contribution is 0.362. The quantitative estimate of drug-likeness (QED) is 0.913. The lowest BCUT2D eigenvalue weighted by Gasteiger charge is -2.28. The molecule has 4 heteroatoms. The summed E-state index contributed by atoms with van der Waals surface area (Å²) in [5.74, 6) is 0.500. The van der Waals surface area contributed by atoms with Crippen molar-refractivity contribution in [1.29, 1.82) is 0 Å². The molecule has 2 N–H and O–H groups in total. The first kappa shape index (κ1) is 14.0. The maximum absolute atomic E-state index is 13.9. The second-order valence-electron chi connectivity index (χ2n) is 5.37. The average molecular weight is 263 g/mol. The molecule has 0 saturated carbocycles. The predicted octanol–water partition coefficient (Wildman–Crippen LogP) is 3.73. The minimum Gasteiger partial charge on any atom is -0.324 e. The smallest absolute Gasteiger partial charge is 0.151 e. The topological polar surface area (TPSA) is 43.8 Å². The third-order valence-corrected chi connectivity index (χ3v) is 3.89. The molecule has 1 aromatic carbocycles. The van der Waals surface area contributed by atoms with E-state index in [1.54, 1.807) is 6.07 Å². The first-order valence-corrected chi connectivity index (χ1v) is 6.90.